The van der Waals surface area contributed by atoms with Crippen LogP contribution in [0.5, 0.6) is 0 Å². The van der Waals surface area contributed by atoms with Crippen molar-refractivity contribution in [1.29, 1.82) is 0 Å². The van der Waals surface area contributed by atoms with Gasteiger partial charge in [-0.25, -0.2) is 0 Å². The molecule has 4 nitrogen and oxygen atoms in total. The standard InChI is InChI=1S/C33H41ClN2O2/c1-5-6-22-35-32(38)30(23-26-10-8-7-9-11-26)36(24-27-14-19-29(34)20-15-27)31(37)21-16-25-12-17-28(18-13-25)33(2,3)4/h7-15,17-20,30H,5-6,16,21-24H2,1-4H3,(H,35,38)/t30-/m1/s1. The van der Waals surface area contributed by atoms with Crippen LogP contribution in [0.1, 0.15) is 69.2 Å². The Morgan fingerprint density at radius 1 is 0.868 bits per heavy atom. The van der Waals surface area contributed by atoms with E-state index in [9.17, 15) is 9.59 Å². The Labute approximate surface area is 233 Å². The molecule has 0 spiro atoms. The third-order valence-corrected chi connectivity index (χ3v) is 7.07. The first-order chi connectivity index (χ1) is 18.2. The highest BCUT2D eigenvalue weighted by Gasteiger charge is 2.30. The van der Waals surface area contributed by atoms with Gasteiger partial charge in [-0.1, -0.05) is 112 Å². The summed E-state index contributed by atoms with van der Waals surface area (Å²) in [6.45, 7) is 9.62. The van der Waals surface area contributed by atoms with Crippen molar-refractivity contribution < 1.29 is 9.59 Å². The lowest BCUT2D eigenvalue weighted by atomic mass is 9.86. The number of amides is 2. The number of carbonyl (C=O) groups is 2. The quantitative estimate of drug-likeness (QED) is 0.252. The second kappa shape index (κ2) is 14.2. The van der Waals surface area contributed by atoms with E-state index in [-0.39, 0.29) is 17.2 Å². The maximum atomic E-state index is 13.8. The Hall–Kier alpha value is -3.11. The molecule has 0 unspecified atom stereocenters. The SMILES string of the molecule is CCCCNC(=O)[C@@H](Cc1ccccc1)N(Cc1ccc(Cl)cc1)C(=O)CCc1ccc(C(C)(C)C)cc1. The molecule has 0 saturated heterocycles. The zero-order chi connectivity index (χ0) is 27.5. The summed E-state index contributed by atoms with van der Waals surface area (Å²) in [5, 5.41) is 3.72. The predicted octanol–water partition coefficient (Wildman–Crippen LogP) is 7.13. The van der Waals surface area contributed by atoms with Crippen LogP contribution >= 0.6 is 11.6 Å². The van der Waals surface area contributed by atoms with Gasteiger partial charge < -0.3 is 10.2 Å². The number of hydrogen-bond donors (Lipinski definition) is 1. The average molecular weight is 533 g/mol. The van der Waals surface area contributed by atoms with E-state index < -0.39 is 6.04 Å². The monoisotopic (exact) mass is 532 g/mol. The van der Waals surface area contributed by atoms with Crippen LogP contribution in [-0.4, -0.2) is 29.3 Å². The number of nitrogens with one attached hydrogen (secondary N) is 1. The molecule has 202 valence electrons. The zero-order valence-electron chi connectivity index (χ0n) is 23.2. The number of nitrogens with zero attached hydrogens (tertiary/aromatic N) is 1. The summed E-state index contributed by atoms with van der Waals surface area (Å²) in [6, 6.07) is 25.3. The maximum Gasteiger partial charge on any atom is 0.243 e. The number of benzene rings is 3. The summed E-state index contributed by atoms with van der Waals surface area (Å²) in [5.41, 5.74) is 4.43. The number of carbonyl (C=O) groups excluding carboxylic acids is 2. The molecular formula is C33H41ClN2O2. The van der Waals surface area contributed by atoms with Crippen molar-refractivity contribution in [2.24, 2.45) is 0 Å². The Kier molecular flexibility index (Phi) is 11.0. The van der Waals surface area contributed by atoms with E-state index >= 15 is 0 Å². The van der Waals surface area contributed by atoms with Crippen LogP contribution in [0.4, 0.5) is 0 Å². The topological polar surface area (TPSA) is 49.4 Å². The molecule has 0 aromatic heterocycles. The Balaban J connectivity index is 1.85. The minimum absolute atomic E-state index is 0.0357. The molecule has 0 aliphatic rings. The van der Waals surface area contributed by atoms with Crippen molar-refractivity contribution in [3.63, 3.8) is 0 Å². The summed E-state index contributed by atoms with van der Waals surface area (Å²) in [6.07, 6.45) is 3.30. The highest BCUT2D eigenvalue weighted by Crippen LogP contribution is 2.23. The first-order valence-electron chi connectivity index (χ1n) is 13.6. The van der Waals surface area contributed by atoms with Gasteiger partial charge in [0.1, 0.15) is 6.04 Å². The van der Waals surface area contributed by atoms with Crippen molar-refractivity contribution in [3.05, 3.63) is 106 Å². The van der Waals surface area contributed by atoms with Crippen LogP contribution in [-0.2, 0) is 34.4 Å². The number of hydrogen-bond acceptors (Lipinski definition) is 2. The molecule has 3 aromatic carbocycles. The molecule has 0 saturated carbocycles. The normalized spacial score (nSPS) is 12.1. The largest absolute Gasteiger partial charge is 0.354 e. The lowest BCUT2D eigenvalue weighted by Gasteiger charge is -2.32. The highest BCUT2D eigenvalue weighted by atomic mass is 35.5. The summed E-state index contributed by atoms with van der Waals surface area (Å²) in [5.74, 6) is -0.148. The van der Waals surface area contributed by atoms with Crippen molar-refractivity contribution in [1.82, 2.24) is 10.2 Å². The highest BCUT2D eigenvalue weighted by molar-refractivity contribution is 6.30. The van der Waals surface area contributed by atoms with Crippen molar-refractivity contribution in [2.75, 3.05) is 6.54 Å². The van der Waals surface area contributed by atoms with Crippen LogP contribution in [0.2, 0.25) is 5.02 Å². The molecule has 0 fully saturated rings. The van der Waals surface area contributed by atoms with E-state index in [1.807, 2.05) is 54.6 Å². The second-order valence-electron chi connectivity index (χ2n) is 10.9. The minimum Gasteiger partial charge on any atom is -0.354 e. The second-order valence-corrected chi connectivity index (χ2v) is 11.4. The molecule has 5 heteroatoms. The fraction of sp³-hybridized carbons (Fsp3) is 0.394. The zero-order valence-corrected chi connectivity index (χ0v) is 23.9. The summed E-state index contributed by atoms with van der Waals surface area (Å²) >= 11 is 6.11. The molecule has 3 aromatic rings. The molecule has 2 amide bonds. The van der Waals surface area contributed by atoms with Crippen molar-refractivity contribution in [3.8, 4) is 0 Å². The molecule has 38 heavy (non-hydrogen) atoms. The van der Waals surface area contributed by atoms with E-state index in [1.54, 1.807) is 4.90 Å². The van der Waals surface area contributed by atoms with Gasteiger partial charge in [0.2, 0.25) is 11.8 Å². The fourth-order valence-electron chi connectivity index (χ4n) is 4.41. The molecule has 0 bridgehead atoms. The van der Waals surface area contributed by atoms with Gasteiger partial charge in [0.15, 0.2) is 0 Å². The first kappa shape index (κ1) is 29.4. The van der Waals surface area contributed by atoms with Gasteiger partial charge in [-0.2, -0.15) is 0 Å². The molecule has 0 radical (unpaired) electrons. The van der Waals surface area contributed by atoms with Crippen LogP contribution in [0.25, 0.3) is 0 Å². The number of aryl methyl sites for hydroxylation is 1. The Morgan fingerprint density at radius 3 is 2.11 bits per heavy atom. The molecule has 1 N–H and O–H groups in total. The Bertz CT molecular complexity index is 1150. The lowest BCUT2D eigenvalue weighted by molar-refractivity contribution is -0.141. The maximum absolute atomic E-state index is 13.8. The van der Waals surface area contributed by atoms with E-state index in [4.69, 9.17) is 11.6 Å². The summed E-state index contributed by atoms with van der Waals surface area (Å²) < 4.78 is 0. The van der Waals surface area contributed by atoms with Gasteiger partial charge >= 0.3 is 0 Å². The molecule has 1 atom stereocenters. The van der Waals surface area contributed by atoms with Crippen molar-refractivity contribution >= 4 is 23.4 Å². The van der Waals surface area contributed by atoms with E-state index in [1.165, 1.54) is 5.56 Å². The molecular weight excluding hydrogens is 492 g/mol. The number of halogens is 1. The average Bonchev–Trinajstić information content (AvgIpc) is 2.90. The predicted molar refractivity (Wildman–Crippen MR) is 157 cm³/mol. The van der Waals surface area contributed by atoms with E-state index in [0.29, 0.717) is 37.4 Å². The van der Waals surface area contributed by atoms with E-state index in [0.717, 1.165) is 29.5 Å². The van der Waals surface area contributed by atoms with Crippen LogP contribution in [0, 0.1) is 0 Å². The fourth-order valence-corrected chi connectivity index (χ4v) is 4.54. The van der Waals surface area contributed by atoms with Crippen LogP contribution in [0.3, 0.4) is 0 Å². The third-order valence-electron chi connectivity index (χ3n) is 6.81. The van der Waals surface area contributed by atoms with Crippen molar-refractivity contribution in [2.45, 2.75) is 77.8 Å². The molecule has 3 rings (SSSR count). The van der Waals surface area contributed by atoms with Gasteiger partial charge in [0.25, 0.3) is 0 Å². The van der Waals surface area contributed by atoms with E-state index in [2.05, 4.69) is 57.3 Å². The molecule has 0 aliphatic heterocycles. The summed E-state index contributed by atoms with van der Waals surface area (Å²) in [4.78, 5) is 29.0. The first-order valence-corrected chi connectivity index (χ1v) is 14.0. The van der Waals surface area contributed by atoms with Gasteiger partial charge in [-0.05, 0) is 52.6 Å². The number of unbranched alkanes of at least 4 members (excludes halogenated alkanes) is 1. The van der Waals surface area contributed by atoms with Gasteiger partial charge in [-0.3, -0.25) is 9.59 Å². The van der Waals surface area contributed by atoms with Gasteiger partial charge in [-0.15, -0.1) is 0 Å². The molecule has 0 heterocycles. The minimum atomic E-state index is -0.610. The number of rotatable bonds is 12. The third kappa shape index (κ3) is 9.02. The van der Waals surface area contributed by atoms with Gasteiger partial charge in [0.05, 0.1) is 0 Å². The smallest absolute Gasteiger partial charge is 0.243 e. The lowest BCUT2D eigenvalue weighted by Crippen LogP contribution is -2.50. The van der Waals surface area contributed by atoms with Gasteiger partial charge in [0, 0.05) is 31.0 Å². The molecule has 0 aliphatic carbocycles. The van der Waals surface area contributed by atoms with Crippen LogP contribution < -0.4 is 5.32 Å². The Morgan fingerprint density at radius 2 is 1.50 bits per heavy atom. The van der Waals surface area contributed by atoms with Crippen LogP contribution in [0.15, 0.2) is 78.9 Å². The summed E-state index contributed by atoms with van der Waals surface area (Å²) in [7, 11) is 0.